The van der Waals surface area contributed by atoms with Crippen LogP contribution in [-0.4, -0.2) is 43.0 Å². The van der Waals surface area contributed by atoms with E-state index in [1.54, 1.807) is 17.5 Å². The zero-order valence-electron chi connectivity index (χ0n) is 18.0. The standard InChI is InChI=1S/C25H28N4OS/c1-29(2)17-22-8-3-18(16-27-22)15-24(30)28-25-10-9-23(31-25)21-6-4-19(5-7-21)20-11-13-26-14-12-20/h3-11,16,26H,12-15,17H2,1-2H3,(H,28,30). The number of hydrogen-bond donors (Lipinski definition) is 2. The average molecular weight is 433 g/mol. The molecule has 0 unspecified atom stereocenters. The van der Waals surface area contributed by atoms with Crippen LogP contribution in [0.25, 0.3) is 16.0 Å². The number of rotatable bonds is 7. The number of carbonyl (C=O) groups excluding carboxylic acids is 1. The van der Waals surface area contributed by atoms with Crippen LogP contribution >= 0.6 is 11.3 Å². The molecule has 1 amide bonds. The van der Waals surface area contributed by atoms with Gasteiger partial charge in [-0.3, -0.25) is 9.78 Å². The first kappa shape index (κ1) is 21.4. The summed E-state index contributed by atoms with van der Waals surface area (Å²) in [5.74, 6) is -0.0243. The molecule has 4 rings (SSSR count). The number of thiophene rings is 1. The van der Waals surface area contributed by atoms with E-state index < -0.39 is 0 Å². The van der Waals surface area contributed by atoms with Crippen LogP contribution in [-0.2, 0) is 17.8 Å². The van der Waals surface area contributed by atoms with Crippen molar-refractivity contribution in [2.24, 2.45) is 0 Å². The lowest BCUT2D eigenvalue weighted by atomic mass is 9.99. The van der Waals surface area contributed by atoms with Gasteiger partial charge in [0, 0.05) is 24.2 Å². The number of nitrogens with one attached hydrogen (secondary N) is 2. The van der Waals surface area contributed by atoms with Gasteiger partial charge < -0.3 is 15.5 Å². The van der Waals surface area contributed by atoms with E-state index in [1.807, 2.05) is 32.3 Å². The molecule has 3 aromatic rings. The van der Waals surface area contributed by atoms with Crippen molar-refractivity contribution in [3.63, 3.8) is 0 Å². The van der Waals surface area contributed by atoms with Crippen LogP contribution in [0.4, 0.5) is 5.00 Å². The quantitative estimate of drug-likeness (QED) is 0.580. The van der Waals surface area contributed by atoms with E-state index in [0.717, 1.165) is 47.2 Å². The highest BCUT2D eigenvalue weighted by molar-refractivity contribution is 7.19. The lowest BCUT2D eigenvalue weighted by Crippen LogP contribution is -2.19. The van der Waals surface area contributed by atoms with Gasteiger partial charge in [-0.05, 0) is 67.5 Å². The predicted octanol–water partition coefficient (Wildman–Crippen LogP) is 4.43. The van der Waals surface area contributed by atoms with Crippen molar-refractivity contribution >= 4 is 27.8 Å². The molecule has 3 heterocycles. The molecule has 0 radical (unpaired) electrons. The fourth-order valence-electron chi connectivity index (χ4n) is 3.64. The highest BCUT2D eigenvalue weighted by Gasteiger charge is 2.10. The molecule has 160 valence electrons. The third-order valence-corrected chi connectivity index (χ3v) is 6.25. The number of anilines is 1. The highest BCUT2D eigenvalue weighted by atomic mass is 32.1. The monoisotopic (exact) mass is 432 g/mol. The Bertz CT molecular complexity index is 1050. The maximum atomic E-state index is 12.5. The van der Waals surface area contributed by atoms with E-state index in [2.05, 4.69) is 56.9 Å². The SMILES string of the molecule is CN(C)Cc1ccc(CC(=O)Nc2ccc(-c3ccc(C4=CCNCC4)cc3)s2)cn1. The molecule has 0 bridgehead atoms. The Balaban J connectivity index is 1.35. The Morgan fingerprint density at radius 3 is 2.58 bits per heavy atom. The van der Waals surface area contributed by atoms with Gasteiger partial charge in [0.2, 0.25) is 5.91 Å². The summed E-state index contributed by atoms with van der Waals surface area (Å²) in [7, 11) is 4.03. The lowest BCUT2D eigenvalue weighted by molar-refractivity contribution is -0.115. The van der Waals surface area contributed by atoms with Crippen molar-refractivity contribution in [1.29, 1.82) is 0 Å². The van der Waals surface area contributed by atoms with E-state index in [9.17, 15) is 4.79 Å². The zero-order valence-corrected chi connectivity index (χ0v) is 18.8. The number of pyridine rings is 1. The molecule has 0 atom stereocenters. The molecule has 0 saturated carbocycles. The molecule has 0 saturated heterocycles. The minimum Gasteiger partial charge on any atom is -0.317 e. The van der Waals surface area contributed by atoms with Gasteiger partial charge in [-0.2, -0.15) is 0 Å². The van der Waals surface area contributed by atoms with Gasteiger partial charge >= 0.3 is 0 Å². The molecule has 1 aliphatic heterocycles. The van der Waals surface area contributed by atoms with E-state index in [4.69, 9.17) is 0 Å². The van der Waals surface area contributed by atoms with Crippen LogP contribution in [0.5, 0.6) is 0 Å². The first-order valence-corrected chi connectivity index (χ1v) is 11.4. The third kappa shape index (κ3) is 5.88. The normalized spacial score (nSPS) is 13.8. The van der Waals surface area contributed by atoms with Crippen molar-refractivity contribution in [2.45, 2.75) is 19.4 Å². The Labute approximate surface area is 187 Å². The minimum atomic E-state index is -0.0243. The second-order valence-corrected chi connectivity index (χ2v) is 9.13. The molecule has 6 heteroatoms. The summed E-state index contributed by atoms with van der Waals surface area (Å²) in [6.07, 6.45) is 5.45. The van der Waals surface area contributed by atoms with Crippen LogP contribution in [0.2, 0.25) is 0 Å². The lowest BCUT2D eigenvalue weighted by Gasteiger charge is -2.14. The van der Waals surface area contributed by atoms with Gasteiger partial charge in [0.15, 0.2) is 0 Å². The maximum Gasteiger partial charge on any atom is 0.229 e. The first-order valence-electron chi connectivity index (χ1n) is 10.6. The maximum absolute atomic E-state index is 12.5. The van der Waals surface area contributed by atoms with E-state index in [-0.39, 0.29) is 5.91 Å². The molecule has 2 aromatic heterocycles. The first-order chi connectivity index (χ1) is 15.1. The summed E-state index contributed by atoms with van der Waals surface area (Å²) < 4.78 is 0. The third-order valence-electron chi connectivity index (χ3n) is 5.20. The average Bonchev–Trinajstić information content (AvgIpc) is 3.24. The molecule has 2 N–H and O–H groups in total. The number of carbonyl (C=O) groups is 1. The molecular weight excluding hydrogens is 404 g/mol. The highest BCUT2D eigenvalue weighted by Crippen LogP contribution is 2.32. The van der Waals surface area contributed by atoms with Crippen molar-refractivity contribution in [3.05, 3.63) is 77.6 Å². The Morgan fingerprint density at radius 1 is 1.10 bits per heavy atom. The summed E-state index contributed by atoms with van der Waals surface area (Å²) in [4.78, 5) is 20.1. The zero-order chi connectivity index (χ0) is 21.6. The van der Waals surface area contributed by atoms with Gasteiger partial charge in [0.25, 0.3) is 0 Å². The van der Waals surface area contributed by atoms with Gasteiger partial charge in [-0.15, -0.1) is 11.3 Å². The van der Waals surface area contributed by atoms with Crippen LogP contribution < -0.4 is 10.6 Å². The second kappa shape index (κ2) is 10.0. The molecule has 0 fully saturated rings. The molecule has 5 nitrogen and oxygen atoms in total. The van der Waals surface area contributed by atoms with Gasteiger partial charge in [0.1, 0.15) is 0 Å². The van der Waals surface area contributed by atoms with E-state index >= 15 is 0 Å². The van der Waals surface area contributed by atoms with Crippen LogP contribution in [0.15, 0.2) is 60.8 Å². The Morgan fingerprint density at radius 2 is 1.90 bits per heavy atom. The van der Waals surface area contributed by atoms with E-state index in [1.165, 1.54) is 16.7 Å². The minimum absolute atomic E-state index is 0.0243. The summed E-state index contributed by atoms with van der Waals surface area (Å²) in [6.45, 7) is 2.78. The topological polar surface area (TPSA) is 57.3 Å². The van der Waals surface area contributed by atoms with Gasteiger partial charge in [-0.25, -0.2) is 0 Å². The van der Waals surface area contributed by atoms with Crippen molar-refractivity contribution in [2.75, 3.05) is 32.5 Å². The van der Waals surface area contributed by atoms with E-state index in [0.29, 0.717) is 6.42 Å². The number of amides is 1. The van der Waals surface area contributed by atoms with Gasteiger partial charge in [0.05, 0.1) is 17.1 Å². The smallest absolute Gasteiger partial charge is 0.229 e. The number of benzene rings is 1. The molecule has 0 aliphatic carbocycles. The Kier molecular flexibility index (Phi) is 6.92. The molecule has 1 aliphatic rings. The molecule has 1 aromatic carbocycles. The van der Waals surface area contributed by atoms with Crippen molar-refractivity contribution < 1.29 is 4.79 Å². The predicted molar refractivity (Wildman–Crippen MR) is 129 cm³/mol. The van der Waals surface area contributed by atoms with Crippen molar-refractivity contribution in [1.82, 2.24) is 15.2 Å². The number of nitrogens with zero attached hydrogens (tertiary/aromatic N) is 2. The summed E-state index contributed by atoms with van der Waals surface area (Å²) >= 11 is 1.60. The molecular formula is C25H28N4OS. The number of aromatic nitrogens is 1. The second-order valence-electron chi connectivity index (χ2n) is 8.05. The van der Waals surface area contributed by atoms with Crippen molar-refractivity contribution in [3.8, 4) is 10.4 Å². The largest absolute Gasteiger partial charge is 0.317 e. The fourth-order valence-corrected chi connectivity index (χ4v) is 4.57. The fraction of sp³-hybridized carbons (Fsp3) is 0.280. The summed E-state index contributed by atoms with van der Waals surface area (Å²) in [5, 5.41) is 7.23. The Hall–Kier alpha value is -2.80. The summed E-state index contributed by atoms with van der Waals surface area (Å²) in [5.41, 5.74) is 5.79. The summed E-state index contributed by atoms with van der Waals surface area (Å²) in [6, 6.07) is 16.7. The molecule has 0 spiro atoms. The number of hydrogen-bond acceptors (Lipinski definition) is 5. The molecule has 31 heavy (non-hydrogen) atoms. The van der Waals surface area contributed by atoms with Crippen LogP contribution in [0, 0.1) is 0 Å². The van der Waals surface area contributed by atoms with Crippen LogP contribution in [0.1, 0.15) is 23.2 Å². The van der Waals surface area contributed by atoms with Crippen LogP contribution in [0.3, 0.4) is 0 Å². The van der Waals surface area contributed by atoms with Gasteiger partial charge in [-0.1, -0.05) is 36.4 Å².